The number of hydrogen-bond donors (Lipinski definition) is 0. The van der Waals surface area contributed by atoms with E-state index in [0.717, 1.165) is 19.5 Å². The van der Waals surface area contributed by atoms with Gasteiger partial charge in [0.05, 0.1) is 19.5 Å². The lowest BCUT2D eigenvalue weighted by Crippen LogP contribution is -2.37. The highest BCUT2D eigenvalue weighted by Crippen LogP contribution is 2.11. The molecule has 150 valence electrons. The number of unbranched alkanes of at least 4 members (excludes halogenated alkanes) is 9. The molecule has 0 unspecified atom stereocenters. The van der Waals surface area contributed by atoms with Crippen LogP contribution in [0.5, 0.6) is 0 Å². The molecule has 2 heteroatoms. The molecule has 0 fully saturated rings. The Morgan fingerprint density at radius 2 is 1.37 bits per heavy atom. The highest BCUT2D eigenvalue weighted by molar-refractivity contribution is 5.18. The Bertz CT molecular complexity index is 600. The Hall–Kier alpha value is -1.57. The minimum Gasteiger partial charge on any atom is -0.234 e. The van der Waals surface area contributed by atoms with E-state index in [0.29, 0.717) is 0 Å². The summed E-state index contributed by atoms with van der Waals surface area (Å²) in [4.78, 5) is 0. The van der Waals surface area contributed by atoms with Gasteiger partial charge in [-0.25, -0.2) is 9.13 Å². The van der Waals surface area contributed by atoms with E-state index in [9.17, 15) is 0 Å². The first kappa shape index (κ1) is 21.7. The molecule has 1 heterocycles. The summed E-state index contributed by atoms with van der Waals surface area (Å²) in [7, 11) is 0. The quantitative estimate of drug-likeness (QED) is 0.244. The second kappa shape index (κ2) is 13.6. The van der Waals surface area contributed by atoms with Gasteiger partial charge in [0.1, 0.15) is 12.4 Å². The van der Waals surface area contributed by atoms with Crippen molar-refractivity contribution in [2.24, 2.45) is 0 Å². The Labute approximate surface area is 167 Å². The van der Waals surface area contributed by atoms with Gasteiger partial charge >= 0.3 is 0 Å². The first-order chi connectivity index (χ1) is 13.3. The highest BCUT2D eigenvalue weighted by Gasteiger charge is 2.17. The van der Waals surface area contributed by atoms with Crippen molar-refractivity contribution in [1.29, 1.82) is 0 Å². The maximum Gasteiger partial charge on any atom is 0.260 e. The standard InChI is InChI=1S/C25H41N2/c1-3-5-7-9-10-11-16-20-27-22-21-26(19-15-8-6-4-2)25(27)23-24-17-13-12-14-18-24/h12-14,17-18,21-22H,3-11,15-16,19-20,23H2,1-2H3/q+1. The molecule has 0 radical (unpaired) electrons. The van der Waals surface area contributed by atoms with Gasteiger partial charge in [0.15, 0.2) is 0 Å². The molecule has 0 aliphatic heterocycles. The topological polar surface area (TPSA) is 8.81 Å². The Morgan fingerprint density at radius 1 is 0.741 bits per heavy atom. The monoisotopic (exact) mass is 369 g/mol. The summed E-state index contributed by atoms with van der Waals surface area (Å²) in [6, 6.07) is 10.9. The van der Waals surface area contributed by atoms with E-state index in [1.165, 1.54) is 82.0 Å². The van der Waals surface area contributed by atoms with E-state index in [1.807, 2.05) is 0 Å². The van der Waals surface area contributed by atoms with Gasteiger partial charge in [0, 0.05) is 0 Å². The van der Waals surface area contributed by atoms with Crippen LogP contribution in [0.2, 0.25) is 0 Å². The van der Waals surface area contributed by atoms with Crippen LogP contribution in [0, 0.1) is 0 Å². The third-order valence-electron chi connectivity index (χ3n) is 5.55. The van der Waals surface area contributed by atoms with Gasteiger partial charge < -0.3 is 0 Å². The lowest BCUT2D eigenvalue weighted by atomic mass is 10.1. The third kappa shape index (κ3) is 8.32. The van der Waals surface area contributed by atoms with Gasteiger partial charge in [-0.15, -0.1) is 0 Å². The van der Waals surface area contributed by atoms with Gasteiger partial charge in [-0.3, -0.25) is 0 Å². The molecule has 2 rings (SSSR count). The summed E-state index contributed by atoms with van der Waals surface area (Å²) >= 11 is 0. The van der Waals surface area contributed by atoms with Crippen LogP contribution < -0.4 is 4.57 Å². The zero-order chi connectivity index (χ0) is 19.2. The normalized spacial score (nSPS) is 11.2. The number of nitrogens with zero attached hydrogens (tertiary/aromatic N) is 2. The summed E-state index contributed by atoms with van der Waals surface area (Å²) in [5, 5.41) is 0. The Morgan fingerprint density at radius 3 is 2.07 bits per heavy atom. The van der Waals surface area contributed by atoms with Crippen molar-refractivity contribution in [3.8, 4) is 0 Å². The second-order valence-electron chi connectivity index (χ2n) is 7.95. The molecule has 0 atom stereocenters. The second-order valence-corrected chi connectivity index (χ2v) is 7.95. The van der Waals surface area contributed by atoms with Crippen LogP contribution in [0.1, 0.15) is 95.9 Å². The first-order valence-corrected chi connectivity index (χ1v) is 11.5. The number of rotatable bonds is 15. The van der Waals surface area contributed by atoms with Crippen molar-refractivity contribution in [3.63, 3.8) is 0 Å². The van der Waals surface area contributed by atoms with Crippen LogP contribution in [0.15, 0.2) is 42.7 Å². The van der Waals surface area contributed by atoms with E-state index >= 15 is 0 Å². The molecule has 0 aliphatic rings. The van der Waals surface area contributed by atoms with Crippen LogP contribution in [0.25, 0.3) is 0 Å². The molecule has 0 saturated heterocycles. The minimum atomic E-state index is 1.04. The molecule has 0 N–H and O–H groups in total. The molecule has 0 aliphatic carbocycles. The van der Waals surface area contributed by atoms with Gasteiger partial charge in [-0.05, 0) is 31.2 Å². The van der Waals surface area contributed by atoms with Crippen LogP contribution >= 0.6 is 0 Å². The van der Waals surface area contributed by atoms with E-state index < -0.39 is 0 Å². The smallest absolute Gasteiger partial charge is 0.234 e. The number of imidazole rings is 1. The fourth-order valence-electron chi connectivity index (χ4n) is 3.83. The Balaban J connectivity index is 1.90. The molecule has 1 aromatic heterocycles. The lowest BCUT2D eigenvalue weighted by molar-refractivity contribution is -0.703. The van der Waals surface area contributed by atoms with Crippen molar-refractivity contribution < 1.29 is 4.57 Å². The number of hydrogen-bond acceptors (Lipinski definition) is 0. The largest absolute Gasteiger partial charge is 0.260 e. The third-order valence-corrected chi connectivity index (χ3v) is 5.55. The fraction of sp³-hybridized carbons (Fsp3) is 0.640. The molecule has 0 spiro atoms. The summed E-state index contributed by atoms with van der Waals surface area (Å²) in [5.74, 6) is 1.48. The zero-order valence-corrected chi connectivity index (χ0v) is 17.8. The van der Waals surface area contributed by atoms with E-state index in [1.54, 1.807) is 0 Å². The van der Waals surface area contributed by atoms with E-state index in [-0.39, 0.29) is 0 Å². The average molecular weight is 370 g/mol. The van der Waals surface area contributed by atoms with Crippen molar-refractivity contribution >= 4 is 0 Å². The molecule has 27 heavy (non-hydrogen) atoms. The molecule has 2 nitrogen and oxygen atoms in total. The summed E-state index contributed by atoms with van der Waals surface area (Å²) in [6.45, 7) is 6.90. The molecule has 1 aromatic carbocycles. The van der Waals surface area contributed by atoms with Crippen LogP contribution in [0.4, 0.5) is 0 Å². The summed E-state index contributed by atoms with van der Waals surface area (Å²) in [6.07, 6.45) is 20.6. The van der Waals surface area contributed by atoms with Crippen LogP contribution in [-0.2, 0) is 19.5 Å². The predicted molar refractivity (Wildman–Crippen MR) is 116 cm³/mol. The van der Waals surface area contributed by atoms with Crippen molar-refractivity contribution in [1.82, 2.24) is 4.57 Å². The average Bonchev–Trinajstić information content (AvgIpc) is 3.07. The molecule has 0 saturated carbocycles. The van der Waals surface area contributed by atoms with Crippen molar-refractivity contribution in [2.45, 2.75) is 104 Å². The first-order valence-electron chi connectivity index (χ1n) is 11.5. The zero-order valence-electron chi connectivity index (χ0n) is 17.8. The number of aromatic nitrogens is 2. The van der Waals surface area contributed by atoms with Crippen molar-refractivity contribution in [3.05, 3.63) is 54.1 Å². The highest BCUT2D eigenvalue weighted by atomic mass is 15.1. The minimum absolute atomic E-state index is 1.04. The summed E-state index contributed by atoms with van der Waals surface area (Å²) < 4.78 is 5.02. The number of benzene rings is 1. The molecular weight excluding hydrogens is 328 g/mol. The predicted octanol–water partition coefficient (Wildman–Crippen LogP) is 6.70. The maximum atomic E-state index is 2.51. The van der Waals surface area contributed by atoms with Gasteiger partial charge in [-0.1, -0.05) is 89.1 Å². The van der Waals surface area contributed by atoms with Gasteiger partial charge in [0.2, 0.25) is 0 Å². The fourth-order valence-corrected chi connectivity index (χ4v) is 3.83. The van der Waals surface area contributed by atoms with Crippen LogP contribution in [0.3, 0.4) is 0 Å². The van der Waals surface area contributed by atoms with Crippen molar-refractivity contribution in [2.75, 3.05) is 0 Å². The summed E-state index contributed by atoms with van der Waals surface area (Å²) in [5.41, 5.74) is 1.42. The van der Waals surface area contributed by atoms with Gasteiger partial charge in [0.25, 0.3) is 5.82 Å². The molecule has 0 bridgehead atoms. The van der Waals surface area contributed by atoms with E-state index in [4.69, 9.17) is 0 Å². The molecule has 2 aromatic rings. The lowest BCUT2D eigenvalue weighted by Gasteiger charge is -2.06. The molecular formula is C25H41N2+. The molecule has 0 amide bonds. The Kier molecular flexibility index (Phi) is 10.9. The van der Waals surface area contributed by atoms with Gasteiger partial charge in [-0.2, -0.15) is 0 Å². The number of aryl methyl sites for hydroxylation is 2. The SMILES string of the molecule is CCCCCCCCCn1cc[n+](CCCCCC)c1Cc1ccccc1. The van der Waals surface area contributed by atoms with E-state index in [2.05, 4.69) is 65.7 Å². The maximum absolute atomic E-state index is 2.51. The van der Waals surface area contributed by atoms with Crippen LogP contribution in [-0.4, -0.2) is 4.57 Å².